The van der Waals surface area contributed by atoms with Crippen LogP contribution >= 0.6 is 0 Å². The highest BCUT2D eigenvalue weighted by Gasteiger charge is 2.14. The number of rotatable bonds is 24. The van der Waals surface area contributed by atoms with Gasteiger partial charge in [-0.25, -0.2) is 0 Å². The number of methoxy groups -OCH3 is 2. The molecule has 30 heavy (non-hydrogen) atoms. The van der Waals surface area contributed by atoms with E-state index < -0.39 is 0 Å². The van der Waals surface area contributed by atoms with Gasteiger partial charge in [-0.05, 0) is 19.3 Å². The lowest BCUT2D eigenvalue weighted by atomic mass is 10.0. The van der Waals surface area contributed by atoms with Crippen LogP contribution in [0.25, 0.3) is 0 Å². The molecule has 0 saturated heterocycles. The van der Waals surface area contributed by atoms with Crippen LogP contribution in [0.4, 0.5) is 0 Å². The third-order valence-corrected chi connectivity index (χ3v) is 8.64. The van der Waals surface area contributed by atoms with E-state index in [1.54, 1.807) is 14.2 Å². The normalized spacial score (nSPS) is 12.6. The Morgan fingerprint density at radius 3 is 1.33 bits per heavy atom. The van der Waals surface area contributed by atoms with Crippen molar-refractivity contribution in [1.29, 1.82) is 0 Å². The summed E-state index contributed by atoms with van der Waals surface area (Å²) in [5, 5.41) is 0. The topological polar surface area (TPSA) is 18.5 Å². The lowest BCUT2D eigenvalue weighted by Gasteiger charge is -2.30. The number of unbranched alkanes of at least 4 members (excludes halogenated alkanes) is 15. The van der Waals surface area contributed by atoms with Crippen LogP contribution in [0.3, 0.4) is 0 Å². The Kier molecular flexibility index (Phi) is 22.4. The number of nitrogens with zero attached hydrogens (tertiary/aromatic N) is 1. The van der Waals surface area contributed by atoms with Crippen LogP contribution in [0.5, 0.6) is 0 Å². The van der Waals surface area contributed by atoms with Crippen molar-refractivity contribution >= 4 is 9.52 Å². The molecule has 0 bridgehead atoms. The van der Waals surface area contributed by atoms with E-state index in [1.807, 2.05) is 0 Å². The van der Waals surface area contributed by atoms with E-state index >= 15 is 0 Å². The van der Waals surface area contributed by atoms with Gasteiger partial charge in [0, 0.05) is 14.2 Å². The molecule has 0 aliphatic carbocycles. The second-order valence-electron chi connectivity index (χ2n) is 10.1. The summed E-state index contributed by atoms with van der Waals surface area (Å²) in [6.07, 6.45) is 24.5. The largest absolute Gasteiger partial charge is 0.360 e. The molecule has 0 N–H and O–H groups in total. The molecule has 0 aromatic carbocycles. The first-order chi connectivity index (χ1) is 14.6. The van der Waals surface area contributed by atoms with Gasteiger partial charge >= 0.3 is 0 Å². The molecule has 3 nitrogen and oxygen atoms in total. The van der Waals surface area contributed by atoms with E-state index in [-0.39, 0.29) is 15.4 Å². The first-order valence-electron chi connectivity index (χ1n) is 13.4. The number of quaternary nitrogens is 1. The maximum atomic E-state index is 5.33. The lowest BCUT2D eigenvalue weighted by Crippen LogP contribution is -2.41. The van der Waals surface area contributed by atoms with Crippen LogP contribution < -0.4 is 0 Å². The van der Waals surface area contributed by atoms with Gasteiger partial charge < -0.3 is 14.0 Å². The van der Waals surface area contributed by atoms with Crippen molar-refractivity contribution in [1.82, 2.24) is 0 Å². The summed E-state index contributed by atoms with van der Waals surface area (Å²) in [6.45, 7) is 4.93. The molecule has 0 fully saturated rings. The van der Waals surface area contributed by atoms with E-state index in [4.69, 9.17) is 9.47 Å². The van der Waals surface area contributed by atoms with Gasteiger partial charge in [-0.3, -0.25) is 0 Å². The summed E-state index contributed by atoms with van der Waals surface area (Å²) in [5.41, 5.74) is 0. The summed E-state index contributed by atoms with van der Waals surface area (Å²) in [5.74, 6) is 0.112. The second kappa shape index (κ2) is 22.3. The second-order valence-corrected chi connectivity index (χ2v) is 12.0. The number of hydrogen-bond donors (Lipinski definition) is 0. The van der Waals surface area contributed by atoms with Crippen molar-refractivity contribution in [3.8, 4) is 0 Å². The van der Waals surface area contributed by atoms with E-state index in [9.17, 15) is 0 Å². The van der Waals surface area contributed by atoms with Crippen LogP contribution in [-0.2, 0) is 9.47 Å². The average Bonchev–Trinajstić information content (AvgIpc) is 2.73. The van der Waals surface area contributed by atoms with Crippen molar-refractivity contribution in [3.05, 3.63) is 0 Å². The Bertz CT molecular complexity index is 335. The summed E-state index contributed by atoms with van der Waals surface area (Å²) in [6, 6.07) is 1.33. The Balaban J connectivity index is 3.32. The zero-order chi connectivity index (χ0) is 22.3. The molecule has 0 saturated carbocycles. The molecule has 0 unspecified atom stereocenters. The van der Waals surface area contributed by atoms with Crippen LogP contribution in [0.2, 0.25) is 6.04 Å². The smallest absolute Gasteiger partial charge is 0.134 e. The minimum Gasteiger partial charge on any atom is -0.360 e. The molecule has 0 aromatic rings. The Hall–Kier alpha value is 0.0969. The Morgan fingerprint density at radius 2 is 0.933 bits per heavy atom. The molecule has 0 aromatic heterocycles. The van der Waals surface area contributed by atoms with Crippen LogP contribution in [0.1, 0.15) is 116 Å². The maximum absolute atomic E-state index is 5.33. The highest BCUT2D eigenvalue weighted by molar-refractivity contribution is 6.36. The molecule has 0 rings (SSSR count). The van der Waals surface area contributed by atoms with E-state index in [0.29, 0.717) is 0 Å². The van der Waals surface area contributed by atoms with Crippen molar-refractivity contribution in [2.45, 2.75) is 128 Å². The SMILES string of the molecule is CCCCCCCCCCCCCCCCCC[N+](C)(C)CCC[SiH2]C(OC)OC. The van der Waals surface area contributed by atoms with E-state index in [1.165, 1.54) is 133 Å². The fourth-order valence-electron chi connectivity index (χ4n) is 4.38. The molecular formula is C26H58NO2Si+. The van der Waals surface area contributed by atoms with Gasteiger partial charge in [0.15, 0.2) is 0 Å². The molecule has 0 heterocycles. The van der Waals surface area contributed by atoms with Crippen LogP contribution in [0, 0.1) is 0 Å². The minimum atomic E-state index is -0.247. The van der Waals surface area contributed by atoms with E-state index in [0.717, 1.165) is 0 Å². The Labute approximate surface area is 193 Å². The zero-order valence-electron chi connectivity index (χ0n) is 21.7. The van der Waals surface area contributed by atoms with Crippen LogP contribution in [-0.4, -0.2) is 61.3 Å². The van der Waals surface area contributed by atoms with E-state index in [2.05, 4.69) is 21.0 Å². The molecule has 4 heteroatoms. The van der Waals surface area contributed by atoms with Gasteiger partial charge in [-0.15, -0.1) is 0 Å². The summed E-state index contributed by atoms with van der Waals surface area (Å²) >= 11 is 0. The standard InChI is InChI=1S/C26H58NO2Si/c1-6-7-8-9-10-11-12-13-14-15-16-17-18-19-20-21-23-27(2,3)24-22-25-30-26(28-4)29-5/h26H,6-25,30H2,1-5H3/q+1. The quantitative estimate of drug-likeness (QED) is 0.0699. The van der Waals surface area contributed by atoms with Gasteiger partial charge in [-0.2, -0.15) is 0 Å². The van der Waals surface area contributed by atoms with Gasteiger partial charge in [0.05, 0.1) is 36.7 Å². The van der Waals surface area contributed by atoms with Gasteiger partial charge in [-0.1, -0.05) is 103 Å². The molecule has 0 aliphatic rings. The van der Waals surface area contributed by atoms with Gasteiger partial charge in [0.25, 0.3) is 0 Å². The third-order valence-electron chi connectivity index (χ3n) is 6.60. The lowest BCUT2D eigenvalue weighted by molar-refractivity contribution is -0.890. The highest BCUT2D eigenvalue weighted by atomic mass is 28.2. The summed E-state index contributed by atoms with van der Waals surface area (Å²) in [4.78, 5) is 0. The predicted molar refractivity (Wildman–Crippen MR) is 137 cm³/mol. The summed E-state index contributed by atoms with van der Waals surface area (Å²) < 4.78 is 11.8. The first kappa shape index (κ1) is 30.1. The predicted octanol–water partition coefficient (Wildman–Crippen LogP) is 6.88. The molecule has 0 atom stereocenters. The fourth-order valence-corrected chi connectivity index (χ4v) is 5.70. The Morgan fingerprint density at radius 1 is 0.567 bits per heavy atom. The van der Waals surface area contributed by atoms with Crippen molar-refractivity contribution in [2.24, 2.45) is 0 Å². The van der Waals surface area contributed by atoms with Crippen molar-refractivity contribution in [2.75, 3.05) is 41.4 Å². The molecular weight excluding hydrogens is 386 g/mol. The minimum absolute atomic E-state index is 0.112. The number of hydrogen-bond acceptors (Lipinski definition) is 2. The number of ether oxygens (including phenoxy) is 2. The van der Waals surface area contributed by atoms with Crippen molar-refractivity contribution < 1.29 is 14.0 Å². The molecule has 0 radical (unpaired) electrons. The van der Waals surface area contributed by atoms with Gasteiger partial charge in [0.1, 0.15) is 5.91 Å². The third kappa shape index (κ3) is 21.3. The molecule has 0 spiro atoms. The first-order valence-corrected chi connectivity index (χ1v) is 15.2. The maximum Gasteiger partial charge on any atom is 0.134 e. The summed E-state index contributed by atoms with van der Waals surface area (Å²) in [7, 11) is 8.08. The molecule has 0 aliphatic heterocycles. The fraction of sp³-hybridized carbons (Fsp3) is 1.00. The van der Waals surface area contributed by atoms with Crippen molar-refractivity contribution in [3.63, 3.8) is 0 Å². The van der Waals surface area contributed by atoms with Crippen LogP contribution in [0.15, 0.2) is 0 Å². The molecule has 182 valence electrons. The monoisotopic (exact) mass is 444 g/mol. The van der Waals surface area contributed by atoms with Gasteiger partial charge in [0.2, 0.25) is 0 Å². The molecule has 0 amide bonds. The average molecular weight is 445 g/mol. The zero-order valence-corrected chi connectivity index (χ0v) is 23.1. The highest BCUT2D eigenvalue weighted by Crippen LogP contribution is 2.14.